The third-order valence-electron chi connectivity index (χ3n) is 2.82. The first-order valence-corrected chi connectivity index (χ1v) is 5.95. The molecule has 1 atom stereocenters. The molecule has 17 heavy (non-hydrogen) atoms. The van der Waals surface area contributed by atoms with E-state index in [1.54, 1.807) is 13.2 Å². The normalized spacial score (nSPS) is 12.5. The van der Waals surface area contributed by atoms with Gasteiger partial charge in [0.25, 0.3) is 0 Å². The zero-order chi connectivity index (χ0) is 13.0. The van der Waals surface area contributed by atoms with Crippen LogP contribution in [0.4, 0.5) is 0 Å². The first-order chi connectivity index (χ1) is 7.95. The number of methoxy groups -OCH3 is 1. The van der Waals surface area contributed by atoms with Crippen molar-refractivity contribution in [3.8, 4) is 5.75 Å². The highest BCUT2D eigenvalue weighted by atomic mass is 35.5. The molecule has 0 fully saturated rings. The van der Waals surface area contributed by atoms with E-state index in [1.165, 1.54) is 0 Å². The van der Waals surface area contributed by atoms with Gasteiger partial charge in [-0.15, -0.1) is 0 Å². The Labute approximate surface area is 107 Å². The molecule has 4 heteroatoms. The van der Waals surface area contributed by atoms with Crippen molar-refractivity contribution < 1.29 is 9.53 Å². The molecular formula is C13H18ClNO2. The molecule has 0 aliphatic rings. The molecule has 0 aromatic heterocycles. The van der Waals surface area contributed by atoms with Gasteiger partial charge in [-0.1, -0.05) is 25.4 Å². The van der Waals surface area contributed by atoms with E-state index >= 15 is 0 Å². The van der Waals surface area contributed by atoms with Gasteiger partial charge in [-0.25, -0.2) is 0 Å². The van der Waals surface area contributed by atoms with Gasteiger partial charge >= 0.3 is 0 Å². The van der Waals surface area contributed by atoms with E-state index in [4.69, 9.17) is 22.1 Å². The van der Waals surface area contributed by atoms with Gasteiger partial charge in [0.1, 0.15) is 5.75 Å². The summed E-state index contributed by atoms with van der Waals surface area (Å²) in [6.45, 7) is 4.10. The summed E-state index contributed by atoms with van der Waals surface area (Å²) in [6.07, 6.45) is 0.300. The van der Waals surface area contributed by atoms with Crippen molar-refractivity contribution in [2.24, 2.45) is 11.7 Å². The second-order valence-corrected chi connectivity index (χ2v) is 4.84. The molecule has 0 saturated heterocycles. The molecule has 1 aromatic carbocycles. The van der Waals surface area contributed by atoms with Crippen LogP contribution in [0.2, 0.25) is 5.02 Å². The number of nitrogens with two attached hydrogens (primary N) is 1. The number of carbonyl (C=O) groups excluding carboxylic acids is 1. The van der Waals surface area contributed by atoms with Gasteiger partial charge < -0.3 is 10.5 Å². The Morgan fingerprint density at radius 3 is 2.59 bits per heavy atom. The highest BCUT2D eigenvalue weighted by Crippen LogP contribution is 2.35. The largest absolute Gasteiger partial charge is 0.496 e. The van der Waals surface area contributed by atoms with Crippen LogP contribution in [-0.4, -0.2) is 13.0 Å². The van der Waals surface area contributed by atoms with E-state index in [2.05, 4.69) is 0 Å². The maximum Gasteiger partial charge on any atom is 0.218 e. The van der Waals surface area contributed by atoms with E-state index in [0.29, 0.717) is 11.4 Å². The Bertz CT molecular complexity index is 404. The smallest absolute Gasteiger partial charge is 0.218 e. The standard InChI is InChI=1S/C13H18ClNO2/c1-8(2)10(7-13(15)16)11-6-9(14)4-5-12(11)17-3/h4-6,8,10H,7H2,1-3H3,(H2,15,16). The minimum absolute atomic E-state index is 0.0288. The van der Waals surface area contributed by atoms with Gasteiger partial charge in [0, 0.05) is 11.4 Å². The summed E-state index contributed by atoms with van der Waals surface area (Å²) >= 11 is 5.99. The predicted octanol–water partition coefficient (Wildman–Crippen LogP) is 2.96. The van der Waals surface area contributed by atoms with Gasteiger partial charge in [-0.2, -0.15) is 0 Å². The SMILES string of the molecule is COc1ccc(Cl)cc1C(CC(N)=O)C(C)C. The molecule has 1 unspecified atom stereocenters. The van der Waals surface area contributed by atoms with E-state index in [-0.39, 0.29) is 17.7 Å². The van der Waals surface area contributed by atoms with Gasteiger partial charge in [0.05, 0.1) is 7.11 Å². The van der Waals surface area contributed by atoms with Crippen molar-refractivity contribution >= 4 is 17.5 Å². The molecule has 1 amide bonds. The topological polar surface area (TPSA) is 52.3 Å². The summed E-state index contributed by atoms with van der Waals surface area (Å²) in [5.74, 6) is 0.746. The van der Waals surface area contributed by atoms with E-state index in [0.717, 1.165) is 11.3 Å². The lowest BCUT2D eigenvalue weighted by Crippen LogP contribution is -2.19. The number of benzene rings is 1. The Kier molecular flexibility index (Phi) is 4.82. The molecule has 0 radical (unpaired) electrons. The van der Waals surface area contributed by atoms with Crippen LogP contribution < -0.4 is 10.5 Å². The number of ether oxygens (including phenoxy) is 1. The van der Waals surface area contributed by atoms with E-state index in [1.807, 2.05) is 26.0 Å². The molecule has 1 rings (SSSR count). The number of hydrogen-bond donors (Lipinski definition) is 1. The van der Waals surface area contributed by atoms with Gasteiger partial charge in [-0.05, 0) is 35.6 Å². The fourth-order valence-corrected chi connectivity index (χ4v) is 2.10. The number of carbonyl (C=O) groups is 1. The number of rotatable bonds is 5. The molecular weight excluding hydrogens is 238 g/mol. The summed E-state index contributed by atoms with van der Waals surface area (Å²) in [4.78, 5) is 11.1. The van der Waals surface area contributed by atoms with Crippen LogP contribution in [0.15, 0.2) is 18.2 Å². The van der Waals surface area contributed by atoms with Crippen molar-refractivity contribution in [2.75, 3.05) is 7.11 Å². The average molecular weight is 256 g/mol. The van der Waals surface area contributed by atoms with Crippen LogP contribution in [0.1, 0.15) is 31.7 Å². The molecule has 0 aliphatic heterocycles. The minimum Gasteiger partial charge on any atom is -0.496 e. The maximum atomic E-state index is 11.1. The quantitative estimate of drug-likeness (QED) is 0.879. The molecule has 1 aromatic rings. The average Bonchev–Trinajstić information content (AvgIpc) is 2.25. The Hall–Kier alpha value is -1.22. The summed E-state index contributed by atoms with van der Waals surface area (Å²) in [5.41, 5.74) is 6.22. The first-order valence-electron chi connectivity index (χ1n) is 5.57. The predicted molar refractivity (Wildman–Crippen MR) is 69.4 cm³/mol. The van der Waals surface area contributed by atoms with Crippen molar-refractivity contribution in [2.45, 2.75) is 26.2 Å². The van der Waals surface area contributed by atoms with Crippen LogP contribution in [0, 0.1) is 5.92 Å². The van der Waals surface area contributed by atoms with Crippen LogP contribution in [0.3, 0.4) is 0 Å². The zero-order valence-electron chi connectivity index (χ0n) is 10.4. The van der Waals surface area contributed by atoms with Crippen molar-refractivity contribution in [1.82, 2.24) is 0 Å². The van der Waals surface area contributed by atoms with Crippen molar-refractivity contribution in [3.63, 3.8) is 0 Å². The fourth-order valence-electron chi connectivity index (χ4n) is 1.92. The highest BCUT2D eigenvalue weighted by molar-refractivity contribution is 6.30. The van der Waals surface area contributed by atoms with Gasteiger partial charge in [-0.3, -0.25) is 4.79 Å². The summed E-state index contributed by atoms with van der Waals surface area (Å²) in [6, 6.07) is 5.42. The lowest BCUT2D eigenvalue weighted by molar-refractivity contribution is -0.118. The fraction of sp³-hybridized carbons (Fsp3) is 0.462. The second kappa shape index (κ2) is 5.92. The van der Waals surface area contributed by atoms with Crippen LogP contribution in [-0.2, 0) is 4.79 Å². The minimum atomic E-state index is -0.314. The Morgan fingerprint density at radius 1 is 1.47 bits per heavy atom. The summed E-state index contributed by atoms with van der Waals surface area (Å²) in [7, 11) is 1.61. The van der Waals surface area contributed by atoms with Crippen LogP contribution in [0.25, 0.3) is 0 Å². The van der Waals surface area contributed by atoms with E-state index < -0.39 is 0 Å². The third kappa shape index (κ3) is 3.63. The van der Waals surface area contributed by atoms with Gasteiger partial charge in [0.2, 0.25) is 5.91 Å². The molecule has 0 spiro atoms. The molecule has 0 bridgehead atoms. The Morgan fingerprint density at radius 2 is 2.12 bits per heavy atom. The number of hydrogen-bond acceptors (Lipinski definition) is 2. The number of amides is 1. The molecule has 0 saturated carbocycles. The second-order valence-electron chi connectivity index (χ2n) is 4.41. The number of primary amides is 1. The highest BCUT2D eigenvalue weighted by Gasteiger charge is 2.22. The Balaban J connectivity index is 3.16. The number of halogens is 1. The lowest BCUT2D eigenvalue weighted by Gasteiger charge is -2.22. The van der Waals surface area contributed by atoms with Crippen molar-refractivity contribution in [3.05, 3.63) is 28.8 Å². The molecule has 0 heterocycles. The van der Waals surface area contributed by atoms with Crippen molar-refractivity contribution in [1.29, 1.82) is 0 Å². The van der Waals surface area contributed by atoms with Crippen LogP contribution >= 0.6 is 11.6 Å². The monoisotopic (exact) mass is 255 g/mol. The zero-order valence-corrected chi connectivity index (χ0v) is 11.1. The molecule has 2 N–H and O–H groups in total. The van der Waals surface area contributed by atoms with E-state index in [9.17, 15) is 4.79 Å². The molecule has 3 nitrogen and oxygen atoms in total. The first kappa shape index (κ1) is 13.8. The van der Waals surface area contributed by atoms with Gasteiger partial charge in [0.15, 0.2) is 0 Å². The molecule has 94 valence electrons. The lowest BCUT2D eigenvalue weighted by atomic mass is 9.85. The maximum absolute atomic E-state index is 11.1. The summed E-state index contributed by atoms with van der Waals surface area (Å²) in [5, 5.41) is 0.635. The molecule has 0 aliphatic carbocycles. The summed E-state index contributed by atoms with van der Waals surface area (Å²) < 4.78 is 5.30. The van der Waals surface area contributed by atoms with Crippen LogP contribution in [0.5, 0.6) is 5.75 Å². The third-order valence-corrected chi connectivity index (χ3v) is 3.05.